The highest BCUT2D eigenvalue weighted by Crippen LogP contribution is 2.27. The van der Waals surface area contributed by atoms with E-state index in [0.717, 1.165) is 5.56 Å². The van der Waals surface area contributed by atoms with Gasteiger partial charge in [-0.05, 0) is 30.7 Å². The number of ether oxygens (including phenoxy) is 2. The maximum atomic E-state index is 12.2. The number of hydrogen-bond acceptors (Lipinski definition) is 3. The number of allylic oxidation sites excluding steroid dienone is 1. The minimum absolute atomic E-state index is 0.201. The zero-order valence-electron chi connectivity index (χ0n) is 13.8. The lowest BCUT2D eigenvalue weighted by Gasteiger charge is -2.22. The van der Waals surface area contributed by atoms with Crippen LogP contribution in [0.5, 0.6) is 5.75 Å². The van der Waals surface area contributed by atoms with Gasteiger partial charge in [0, 0.05) is 5.41 Å². The Kier molecular flexibility index (Phi) is 5.58. The Balaban J connectivity index is 2.34. The first-order valence-corrected chi connectivity index (χ1v) is 7.71. The average Bonchev–Trinajstić information content (AvgIpc) is 2.56. The van der Waals surface area contributed by atoms with Crippen LogP contribution in [0.4, 0.5) is 0 Å². The smallest absolute Gasteiger partial charge is 0.373 e. The van der Waals surface area contributed by atoms with Gasteiger partial charge in [0.25, 0.3) is 0 Å². The van der Waals surface area contributed by atoms with Crippen LogP contribution < -0.4 is 4.74 Å². The number of benzene rings is 2. The highest BCUT2D eigenvalue weighted by molar-refractivity contribution is 5.87. The van der Waals surface area contributed by atoms with Crippen LogP contribution in [0, 0.1) is 0 Å². The molecule has 0 heterocycles. The molecule has 0 saturated heterocycles. The molecule has 0 aliphatic rings. The summed E-state index contributed by atoms with van der Waals surface area (Å²) in [5, 5.41) is 0. The summed E-state index contributed by atoms with van der Waals surface area (Å²) in [6, 6.07) is 19.2. The first kappa shape index (κ1) is 16.8. The summed E-state index contributed by atoms with van der Waals surface area (Å²) in [6.45, 7) is 6.16. The molecule has 0 spiro atoms. The van der Waals surface area contributed by atoms with Gasteiger partial charge >= 0.3 is 5.97 Å². The van der Waals surface area contributed by atoms with Gasteiger partial charge in [0.05, 0.1) is 6.61 Å². The summed E-state index contributed by atoms with van der Waals surface area (Å²) in [6.07, 6.45) is 1.81. The van der Waals surface area contributed by atoms with E-state index < -0.39 is 5.97 Å². The fraction of sp³-hybridized carbons (Fsp3) is 0.250. The zero-order valence-corrected chi connectivity index (χ0v) is 13.8. The van der Waals surface area contributed by atoms with Crippen molar-refractivity contribution < 1.29 is 14.3 Å². The van der Waals surface area contributed by atoms with Gasteiger partial charge in [-0.2, -0.15) is 0 Å². The van der Waals surface area contributed by atoms with Crippen molar-refractivity contribution in [2.45, 2.75) is 26.2 Å². The SMILES string of the molecule is CCOC(=O)C(=CC(C)(C)c1ccccc1)Oc1ccccc1. The molecule has 2 aromatic carbocycles. The normalized spacial score (nSPS) is 11.9. The minimum atomic E-state index is -0.458. The van der Waals surface area contributed by atoms with E-state index in [9.17, 15) is 4.79 Å². The lowest BCUT2D eigenvalue weighted by Crippen LogP contribution is -2.20. The predicted octanol–water partition coefficient (Wildman–Crippen LogP) is 4.49. The number of para-hydroxylation sites is 1. The minimum Gasteiger partial charge on any atom is -0.460 e. The van der Waals surface area contributed by atoms with Crippen molar-refractivity contribution in [3.8, 4) is 5.75 Å². The Labute approximate surface area is 137 Å². The summed E-state index contributed by atoms with van der Waals surface area (Å²) in [5.74, 6) is 0.350. The third-order valence-corrected chi connectivity index (χ3v) is 3.46. The quantitative estimate of drug-likeness (QED) is 0.448. The largest absolute Gasteiger partial charge is 0.460 e. The van der Waals surface area contributed by atoms with E-state index >= 15 is 0 Å². The van der Waals surface area contributed by atoms with Gasteiger partial charge < -0.3 is 9.47 Å². The molecule has 3 heteroatoms. The van der Waals surface area contributed by atoms with Gasteiger partial charge in [0.1, 0.15) is 5.75 Å². The van der Waals surface area contributed by atoms with Crippen LogP contribution in [0.3, 0.4) is 0 Å². The molecule has 0 aliphatic carbocycles. The summed E-state index contributed by atoms with van der Waals surface area (Å²) >= 11 is 0. The number of carbonyl (C=O) groups is 1. The monoisotopic (exact) mass is 310 g/mol. The van der Waals surface area contributed by atoms with Crippen molar-refractivity contribution in [1.29, 1.82) is 0 Å². The van der Waals surface area contributed by atoms with Gasteiger partial charge in [0.2, 0.25) is 5.76 Å². The number of carbonyl (C=O) groups excluding carboxylic acids is 1. The van der Waals surface area contributed by atoms with Gasteiger partial charge in [-0.1, -0.05) is 62.4 Å². The molecule has 0 bridgehead atoms. The van der Waals surface area contributed by atoms with Crippen LogP contribution >= 0.6 is 0 Å². The van der Waals surface area contributed by atoms with Crippen LogP contribution in [-0.2, 0) is 14.9 Å². The summed E-state index contributed by atoms with van der Waals surface area (Å²) in [4.78, 5) is 12.2. The maximum absolute atomic E-state index is 12.2. The van der Waals surface area contributed by atoms with E-state index in [2.05, 4.69) is 0 Å². The van der Waals surface area contributed by atoms with Crippen LogP contribution in [-0.4, -0.2) is 12.6 Å². The molecule has 0 fully saturated rings. The van der Waals surface area contributed by atoms with Crippen molar-refractivity contribution in [3.05, 3.63) is 78.1 Å². The maximum Gasteiger partial charge on any atom is 0.373 e. The summed E-state index contributed by atoms with van der Waals surface area (Å²) in [7, 11) is 0. The Bertz CT molecular complexity index is 658. The highest BCUT2D eigenvalue weighted by atomic mass is 16.6. The molecule has 0 unspecified atom stereocenters. The van der Waals surface area contributed by atoms with Crippen LogP contribution in [0.2, 0.25) is 0 Å². The highest BCUT2D eigenvalue weighted by Gasteiger charge is 2.23. The Hall–Kier alpha value is -2.55. The van der Waals surface area contributed by atoms with Gasteiger partial charge in [-0.3, -0.25) is 0 Å². The number of rotatable bonds is 6. The molecule has 0 N–H and O–H groups in total. The molecule has 0 saturated carbocycles. The van der Waals surface area contributed by atoms with E-state index in [0.29, 0.717) is 12.4 Å². The van der Waals surface area contributed by atoms with E-state index in [1.807, 2.05) is 80.6 Å². The summed E-state index contributed by atoms with van der Waals surface area (Å²) < 4.78 is 10.9. The molecule has 0 aromatic heterocycles. The van der Waals surface area contributed by atoms with Crippen molar-refractivity contribution in [3.63, 3.8) is 0 Å². The third-order valence-electron chi connectivity index (χ3n) is 3.46. The van der Waals surface area contributed by atoms with E-state index in [-0.39, 0.29) is 11.2 Å². The van der Waals surface area contributed by atoms with Crippen molar-refractivity contribution in [2.75, 3.05) is 6.61 Å². The lowest BCUT2D eigenvalue weighted by atomic mass is 9.84. The second kappa shape index (κ2) is 7.63. The van der Waals surface area contributed by atoms with E-state index in [4.69, 9.17) is 9.47 Å². The van der Waals surface area contributed by atoms with Crippen molar-refractivity contribution in [1.82, 2.24) is 0 Å². The first-order chi connectivity index (χ1) is 11.0. The first-order valence-electron chi connectivity index (χ1n) is 7.71. The number of esters is 1. The van der Waals surface area contributed by atoms with Gasteiger partial charge in [-0.15, -0.1) is 0 Å². The Morgan fingerprint density at radius 1 is 1.00 bits per heavy atom. The Morgan fingerprint density at radius 3 is 2.13 bits per heavy atom. The molecule has 0 atom stereocenters. The number of hydrogen-bond donors (Lipinski definition) is 0. The van der Waals surface area contributed by atoms with E-state index in [1.165, 1.54) is 0 Å². The molecule has 23 heavy (non-hydrogen) atoms. The molecule has 120 valence electrons. The molecular formula is C20H22O3. The second-order valence-corrected chi connectivity index (χ2v) is 5.73. The van der Waals surface area contributed by atoms with Crippen LogP contribution in [0.1, 0.15) is 26.3 Å². The second-order valence-electron chi connectivity index (χ2n) is 5.73. The molecule has 2 rings (SSSR count). The molecule has 3 nitrogen and oxygen atoms in total. The fourth-order valence-corrected chi connectivity index (χ4v) is 2.23. The fourth-order valence-electron chi connectivity index (χ4n) is 2.23. The van der Waals surface area contributed by atoms with Crippen molar-refractivity contribution in [2.24, 2.45) is 0 Å². The topological polar surface area (TPSA) is 35.5 Å². The predicted molar refractivity (Wildman–Crippen MR) is 91.3 cm³/mol. The van der Waals surface area contributed by atoms with Gasteiger partial charge in [-0.25, -0.2) is 4.79 Å². The average molecular weight is 310 g/mol. The molecule has 0 aliphatic heterocycles. The van der Waals surface area contributed by atoms with Crippen LogP contribution in [0.25, 0.3) is 0 Å². The molecule has 0 radical (unpaired) electrons. The molecule has 2 aromatic rings. The van der Waals surface area contributed by atoms with E-state index in [1.54, 1.807) is 6.92 Å². The zero-order chi connectivity index (χ0) is 16.7. The lowest BCUT2D eigenvalue weighted by molar-refractivity contribution is -0.141. The third kappa shape index (κ3) is 4.71. The molecule has 0 amide bonds. The van der Waals surface area contributed by atoms with Crippen molar-refractivity contribution >= 4 is 5.97 Å². The van der Waals surface area contributed by atoms with Gasteiger partial charge in [0.15, 0.2) is 0 Å². The Morgan fingerprint density at radius 2 is 1.57 bits per heavy atom. The molecular weight excluding hydrogens is 288 g/mol. The standard InChI is InChI=1S/C20H22O3/c1-4-22-19(21)18(23-17-13-9-6-10-14-17)15-20(2,3)16-11-7-5-8-12-16/h5-15H,4H2,1-3H3. The van der Waals surface area contributed by atoms with Crippen LogP contribution in [0.15, 0.2) is 72.5 Å². The summed E-state index contributed by atoms with van der Waals surface area (Å²) in [5.41, 5.74) is 0.733.